The molecule has 0 unspecified atom stereocenters. The Hall–Kier alpha value is -3.95. The number of piperazine rings is 1. The molecule has 0 radical (unpaired) electrons. The molecule has 1 aliphatic heterocycles. The summed E-state index contributed by atoms with van der Waals surface area (Å²) in [6.07, 6.45) is 0.0425. The first-order valence-corrected chi connectivity index (χ1v) is 10.0. The molecule has 0 saturated carbocycles. The predicted molar refractivity (Wildman–Crippen MR) is 114 cm³/mol. The maximum Gasteiger partial charge on any atom is 0.336 e. The molecule has 2 aromatic rings. The van der Waals surface area contributed by atoms with Gasteiger partial charge in [-0.15, -0.1) is 0 Å². The number of nitro benzene ring substituents is 1. The molecule has 168 valence electrons. The topological polar surface area (TPSA) is 130 Å². The molecule has 0 atom stereocenters. The van der Waals surface area contributed by atoms with E-state index >= 15 is 0 Å². The summed E-state index contributed by atoms with van der Waals surface area (Å²) in [5, 5.41) is 20.4. The molecule has 1 aliphatic rings. The van der Waals surface area contributed by atoms with Gasteiger partial charge in [0.1, 0.15) is 0 Å². The van der Waals surface area contributed by atoms with Gasteiger partial charge in [0.2, 0.25) is 5.91 Å². The first kappa shape index (κ1) is 22.7. The zero-order valence-corrected chi connectivity index (χ0v) is 17.5. The van der Waals surface area contributed by atoms with E-state index in [1.807, 2.05) is 0 Å². The van der Waals surface area contributed by atoms with Gasteiger partial charge >= 0.3 is 11.7 Å². The molecule has 0 spiro atoms. The van der Waals surface area contributed by atoms with Gasteiger partial charge in [-0.3, -0.25) is 19.7 Å². The van der Waals surface area contributed by atoms with Crippen molar-refractivity contribution in [3.05, 3.63) is 69.3 Å². The Balaban J connectivity index is 1.52. The second-order valence-electron chi connectivity index (χ2n) is 7.35. The Morgan fingerprint density at radius 1 is 1.03 bits per heavy atom. The normalized spacial score (nSPS) is 13.5. The third-order valence-corrected chi connectivity index (χ3v) is 5.19. The van der Waals surface area contributed by atoms with Crippen LogP contribution in [0.1, 0.15) is 32.7 Å². The van der Waals surface area contributed by atoms with E-state index in [2.05, 4.69) is 0 Å². The fourth-order valence-corrected chi connectivity index (χ4v) is 3.48. The molecule has 10 nitrogen and oxygen atoms in total. The second kappa shape index (κ2) is 9.90. The molecule has 0 bridgehead atoms. The average molecular weight is 441 g/mol. The average Bonchev–Trinajstić information content (AvgIpc) is 2.79. The number of nitrogens with zero attached hydrogens (tertiary/aromatic N) is 3. The van der Waals surface area contributed by atoms with Crippen molar-refractivity contribution in [1.29, 1.82) is 0 Å². The molecule has 2 amide bonds. The van der Waals surface area contributed by atoms with Gasteiger partial charge in [0.25, 0.3) is 5.91 Å². The highest BCUT2D eigenvalue weighted by molar-refractivity contribution is 6.04. The van der Waals surface area contributed by atoms with Crippen molar-refractivity contribution in [1.82, 2.24) is 9.80 Å². The number of rotatable bonds is 7. The summed E-state index contributed by atoms with van der Waals surface area (Å²) in [6, 6.07) is 10.6. The third-order valence-electron chi connectivity index (χ3n) is 5.19. The maximum absolute atomic E-state index is 12.7. The molecule has 3 rings (SSSR count). The number of carbonyl (C=O) groups is 3. The van der Waals surface area contributed by atoms with Crippen LogP contribution in [-0.2, 0) is 4.79 Å². The van der Waals surface area contributed by atoms with Crippen molar-refractivity contribution in [2.75, 3.05) is 32.8 Å². The molecular formula is C22H23N3O7. The fourth-order valence-electron chi connectivity index (χ4n) is 3.48. The molecule has 0 aromatic heterocycles. The lowest BCUT2D eigenvalue weighted by molar-refractivity contribution is -0.385. The van der Waals surface area contributed by atoms with Crippen LogP contribution in [0.3, 0.4) is 0 Å². The van der Waals surface area contributed by atoms with Crippen molar-refractivity contribution in [3.8, 4) is 5.75 Å². The van der Waals surface area contributed by atoms with E-state index in [0.29, 0.717) is 13.1 Å². The largest absolute Gasteiger partial charge is 0.486 e. The lowest BCUT2D eigenvalue weighted by atomic mass is 10.1. The molecule has 1 fully saturated rings. The molecular weight excluding hydrogens is 418 g/mol. The Kier molecular flexibility index (Phi) is 7.04. The van der Waals surface area contributed by atoms with E-state index < -0.39 is 10.9 Å². The van der Waals surface area contributed by atoms with Crippen LogP contribution in [0.25, 0.3) is 0 Å². The number of amides is 2. The Morgan fingerprint density at radius 3 is 2.28 bits per heavy atom. The molecule has 2 aromatic carbocycles. The summed E-state index contributed by atoms with van der Waals surface area (Å²) in [5.74, 6) is -1.62. The van der Waals surface area contributed by atoms with Crippen molar-refractivity contribution in [3.63, 3.8) is 0 Å². The van der Waals surface area contributed by atoms with Crippen molar-refractivity contribution in [2.45, 2.75) is 13.3 Å². The predicted octanol–water partition coefficient (Wildman–Crippen LogP) is 2.35. The third kappa shape index (κ3) is 5.20. The quantitative estimate of drug-likeness (QED) is 0.515. The number of aryl methyl sites for hydroxylation is 1. The number of carboxylic acid groups (broad SMARTS) is 1. The molecule has 10 heteroatoms. The molecule has 1 N–H and O–H groups in total. The first-order valence-electron chi connectivity index (χ1n) is 10.0. The number of hydrogen-bond donors (Lipinski definition) is 1. The van der Waals surface area contributed by atoms with Gasteiger partial charge in [-0.25, -0.2) is 4.79 Å². The lowest BCUT2D eigenvalue weighted by Gasteiger charge is -2.35. The van der Waals surface area contributed by atoms with Gasteiger partial charge in [0.05, 0.1) is 29.1 Å². The standard InChI is InChI=1S/C22H23N3O7/c1-15-6-7-19(18(14-15)25(30)31)32-13-8-20(26)23-9-11-24(12-10-23)21(27)16-4-2-3-5-17(16)22(28)29/h2-7,14H,8-13H2,1H3,(H,28,29). The van der Waals surface area contributed by atoms with Crippen LogP contribution < -0.4 is 4.74 Å². The van der Waals surface area contributed by atoms with Crippen LogP contribution in [-0.4, -0.2) is 70.4 Å². The second-order valence-corrected chi connectivity index (χ2v) is 7.35. The van der Waals surface area contributed by atoms with Crippen LogP contribution in [0.15, 0.2) is 42.5 Å². The summed E-state index contributed by atoms with van der Waals surface area (Å²) >= 11 is 0. The molecule has 1 saturated heterocycles. The number of benzene rings is 2. The molecule has 32 heavy (non-hydrogen) atoms. The number of carbonyl (C=O) groups excluding carboxylic acids is 2. The first-order chi connectivity index (χ1) is 15.3. The number of hydrogen-bond acceptors (Lipinski definition) is 6. The van der Waals surface area contributed by atoms with Gasteiger partial charge in [0.15, 0.2) is 5.75 Å². The van der Waals surface area contributed by atoms with E-state index in [1.54, 1.807) is 30.0 Å². The van der Waals surface area contributed by atoms with Gasteiger partial charge in [-0.05, 0) is 30.7 Å². The van der Waals surface area contributed by atoms with E-state index in [4.69, 9.17) is 4.74 Å². The molecule has 1 heterocycles. The van der Waals surface area contributed by atoms with Crippen LogP contribution in [0.2, 0.25) is 0 Å². The zero-order valence-electron chi connectivity index (χ0n) is 17.5. The fraction of sp³-hybridized carbons (Fsp3) is 0.318. The lowest BCUT2D eigenvalue weighted by Crippen LogP contribution is -2.51. The minimum atomic E-state index is -1.17. The van der Waals surface area contributed by atoms with Gasteiger partial charge in [-0.1, -0.05) is 18.2 Å². The van der Waals surface area contributed by atoms with Crippen LogP contribution in [0.4, 0.5) is 5.69 Å². The van der Waals surface area contributed by atoms with Crippen LogP contribution in [0, 0.1) is 17.0 Å². The van der Waals surface area contributed by atoms with Gasteiger partial charge < -0.3 is 19.6 Å². The summed E-state index contributed by atoms with van der Waals surface area (Å²) in [7, 11) is 0. The van der Waals surface area contributed by atoms with Crippen molar-refractivity contribution in [2.24, 2.45) is 0 Å². The highest BCUT2D eigenvalue weighted by atomic mass is 16.6. The van der Waals surface area contributed by atoms with E-state index in [9.17, 15) is 29.6 Å². The van der Waals surface area contributed by atoms with Crippen LogP contribution in [0.5, 0.6) is 5.75 Å². The summed E-state index contributed by atoms with van der Waals surface area (Å²) in [5.41, 5.74) is 0.649. The van der Waals surface area contributed by atoms with Crippen LogP contribution >= 0.6 is 0 Å². The summed E-state index contributed by atoms with van der Waals surface area (Å²) in [6.45, 7) is 2.92. The van der Waals surface area contributed by atoms with E-state index in [-0.39, 0.29) is 60.5 Å². The number of carboxylic acids is 1. The minimum Gasteiger partial charge on any atom is -0.486 e. The summed E-state index contributed by atoms with van der Waals surface area (Å²) < 4.78 is 5.46. The highest BCUT2D eigenvalue weighted by Gasteiger charge is 2.27. The smallest absolute Gasteiger partial charge is 0.336 e. The Labute approximate surface area is 184 Å². The van der Waals surface area contributed by atoms with E-state index in [0.717, 1.165) is 5.56 Å². The number of nitro groups is 1. The molecule has 0 aliphatic carbocycles. The maximum atomic E-state index is 12.7. The van der Waals surface area contributed by atoms with Crippen molar-refractivity contribution >= 4 is 23.5 Å². The SMILES string of the molecule is Cc1ccc(OCCC(=O)N2CCN(C(=O)c3ccccc3C(=O)O)CC2)c([N+](=O)[O-])c1. The number of aromatic carboxylic acids is 1. The summed E-state index contributed by atoms with van der Waals surface area (Å²) in [4.78, 5) is 50.3. The Bertz CT molecular complexity index is 1050. The van der Waals surface area contributed by atoms with Gasteiger partial charge in [0, 0.05) is 32.2 Å². The van der Waals surface area contributed by atoms with Crippen molar-refractivity contribution < 1.29 is 29.2 Å². The zero-order chi connectivity index (χ0) is 23.3. The number of ether oxygens (including phenoxy) is 1. The monoisotopic (exact) mass is 441 g/mol. The minimum absolute atomic E-state index is 0.00609. The highest BCUT2D eigenvalue weighted by Crippen LogP contribution is 2.27. The van der Waals surface area contributed by atoms with E-state index in [1.165, 1.54) is 29.2 Å². The Morgan fingerprint density at radius 2 is 1.66 bits per heavy atom. The van der Waals surface area contributed by atoms with Gasteiger partial charge in [-0.2, -0.15) is 0 Å².